The second kappa shape index (κ2) is 4.11. The molecule has 12 heavy (non-hydrogen) atoms. The van der Waals surface area contributed by atoms with E-state index in [-0.39, 0.29) is 5.78 Å². The predicted octanol–water partition coefficient (Wildman–Crippen LogP) is 1.93. The number of nitrogens with one attached hydrogen (secondary N) is 1. The van der Waals surface area contributed by atoms with Gasteiger partial charge in [-0.2, -0.15) is 0 Å². The Morgan fingerprint density at radius 1 is 1.83 bits per heavy atom. The SMILES string of the molecule is CCCc1nc(C(=O)C=N)cs1. The molecule has 0 unspecified atom stereocenters. The number of carbonyl (C=O) groups excluding carboxylic acids is 1. The first-order chi connectivity index (χ1) is 5.77. The molecule has 0 bridgehead atoms. The molecule has 64 valence electrons. The van der Waals surface area contributed by atoms with Gasteiger partial charge in [-0.15, -0.1) is 11.3 Å². The van der Waals surface area contributed by atoms with Gasteiger partial charge in [-0.25, -0.2) is 4.98 Å². The van der Waals surface area contributed by atoms with Crippen LogP contribution in [0.2, 0.25) is 0 Å². The van der Waals surface area contributed by atoms with E-state index in [0.29, 0.717) is 5.69 Å². The summed E-state index contributed by atoms with van der Waals surface area (Å²) >= 11 is 1.48. The standard InChI is InChI=1S/C8H10N2OS/c1-2-3-8-10-6(5-12-8)7(11)4-9/h4-5,9H,2-3H2,1H3. The van der Waals surface area contributed by atoms with Crippen molar-refractivity contribution in [3.63, 3.8) is 0 Å². The third-order valence-electron chi connectivity index (χ3n) is 1.40. The molecule has 4 heteroatoms. The molecule has 3 nitrogen and oxygen atoms in total. The summed E-state index contributed by atoms with van der Waals surface area (Å²) in [6, 6.07) is 0. The first-order valence-electron chi connectivity index (χ1n) is 3.77. The summed E-state index contributed by atoms with van der Waals surface area (Å²) in [4.78, 5) is 15.0. The fourth-order valence-electron chi connectivity index (χ4n) is 0.827. The van der Waals surface area contributed by atoms with Crippen LogP contribution in [0.4, 0.5) is 0 Å². The van der Waals surface area contributed by atoms with Crippen molar-refractivity contribution in [1.82, 2.24) is 4.98 Å². The van der Waals surface area contributed by atoms with E-state index in [9.17, 15) is 4.79 Å². The maximum atomic E-state index is 10.9. The van der Waals surface area contributed by atoms with E-state index in [1.165, 1.54) is 11.3 Å². The van der Waals surface area contributed by atoms with Crippen LogP contribution in [-0.2, 0) is 6.42 Å². The van der Waals surface area contributed by atoms with Crippen molar-refractivity contribution < 1.29 is 4.79 Å². The predicted molar refractivity (Wildman–Crippen MR) is 49.2 cm³/mol. The van der Waals surface area contributed by atoms with Crippen molar-refractivity contribution in [2.24, 2.45) is 0 Å². The van der Waals surface area contributed by atoms with Gasteiger partial charge in [0.15, 0.2) is 0 Å². The summed E-state index contributed by atoms with van der Waals surface area (Å²) < 4.78 is 0. The maximum Gasteiger partial charge on any atom is 0.222 e. The molecule has 0 fully saturated rings. The van der Waals surface area contributed by atoms with Crippen molar-refractivity contribution in [3.8, 4) is 0 Å². The summed E-state index contributed by atoms with van der Waals surface area (Å²) in [6.07, 6.45) is 2.74. The molecule has 1 aromatic heterocycles. The van der Waals surface area contributed by atoms with Crippen LogP contribution in [0.25, 0.3) is 0 Å². The highest BCUT2D eigenvalue weighted by Gasteiger charge is 2.06. The van der Waals surface area contributed by atoms with Crippen LogP contribution in [-0.4, -0.2) is 17.0 Å². The first kappa shape index (κ1) is 9.06. The third kappa shape index (κ3) is 1.98. The van der Waals surface area contributed by atoms with E-state index in [1.54, 1.807) is 5.38 Å². The zero-order valence-electron chi connectivity index (χ0n) is 6.83. The zero-order valence-corrected chi connectivity index (χ0v) is 7.65. The molecule has 0 spiro atoms. The first-order valence-corrected chi connectivity index (χ1v) is 4.65. The number of hydrogen-bond acceptors (Lipinski definition) is 4. The number of Topliss-reactive ketones (excluding diaryl/α,β-unsaturated/α-hetero) is 1. The number of aromatic nitrogens is 1. The average molecular weight is 182 g/mol. The van der Waals surface area contributed by atoms with E-state index >= 15 is 0 Å². The smallest absolute Gasteiger partial charge is 0.222 e. The molecule has 0 saturated carbocycles. The zero-order chi connectivity index (χ0) is 8.97. The molecule has 0 radical (unpaired) electrons. The molecule has 1 rings (SSSR count). The van der Waals surface area contributed by atoms with Crippen LogP contribution < -0.4 is 0 Å². The Kier molecular flexibility index (Phi) is 3.10. The molecule has 0 amide bonds. The lowest BCUT2D eigenvalue weighted by Crippen LogP contribution is -1.99. The number of ketones is 1. The Bertz CT molecular complexity index is 293. The minimum Gasteiger partial charge on any atom is -0.305 e. The highest BCUT2D eigenvalue weighted by molar-refractivity contribution is 7.09. The number of thiazole rings is 1. The Hall–Kier alpha value is -1.03. The van der Waals surface area contributed by atoms with Crippen molar-refractivity contribution in [3.05, 3.63) is 16.1 Å². The molecule has 0 aliphatic rings. The fraction of sp³-hybridized carbons (Fsp3) is 0.375. The van der Waals surface area contributed by atoms with E-state index in [1.807, 2.05) is 0 Å². The molecule has 1 N–H and O–H groups in total. The summed E-state index contributed by atoms with van der Waals surface area (Å²) in [5, 5.41) is 9.43. The van der Waals surface area contributed by atoms with Crippen LogP contribution in [0.1, 0.15) is 28.8 Å². The molecule has 0 saturated heterocycles. The normalized spacial score (nSPS) is 9.75. The van der Waals surface area contributed by atoms with Crippen molar-refractivity contribution >= 4 is 23.3 Å². The molecular formula is C8H10N2OS. The van der Waals surface area contributed by atoms with Gasteiger partial charge in [0.1, 0.15) is 5.69 Å². The van der Waals surface area contributed by atoms with Gasteiger partial charge < -0.3 is 5.41 Å². The number of carbonyl (C=O) groups is 1. The average Bonchev–Trinajstić information content (AvgIpc) is 2.52. The highest BCUT2D eigenvalue weighted by Crippen LogP contribution is 2.11. The van der Waals surface area contributed by atoms with Crippen LogP contribution in [0.3, 0.4) is 0 Å². The molecule has 0 aliphatic carbocycles. The lowest BCUT2D eigenvalue weighted by Gasteiger charge is -1.87. The Balaban J connectivity index is 2.76. The van der Waals surface area contributed by atoms with E-state index < -0.39 is 0 Å². The minimum atomic E-state index is -0.311. The van der Waals surface area contributed by atoms with E-state index in [0.717, 1.165) is 24.1 Å². The number of hydrogen-bond donors (Lipinski definition) is 1. The van der Waals surface area contributed by atoms with E-state index in [2.05, 4.69) is 11.9 Å². The lowest BCUT2D eigenvalue weighted by atomic mass is 10.3. The lowest BCUT2D eigenvalue weighted by molar-refractivity contribution is 0.106. The second-order valence-electron chi connectivity index (χ2n) is 2.39. The van der Waals surface area contributed by atoms with Gasteiger partial charge in [0.2, 0.25) is 5.78 Å². The monoisotopic (exact) mass is 182 g/mol. The van der Waals surface area contributed by atoms with Gasteiger partial charge >= 0.3 is 0 Å². The minimum absolute atomic E-state index is 0.311. The van der Waals surface area contributed by atoms with Crippen LogP contribution in [0, 0.1) is 5.41 Å². The molecular weight excluding hydrogens is 172 g/mol. The molecule has 1 aromatic rings. The summed E-state index contributed by atoms with van der Waals surface area (Å²) in [5.41, 5.74) is 0.401. The fourth-order valence-corrected chi connectivity index (χ4v) is 1.72. The van der Waals surface area contributed by atoms with Gasteiger partial charge in [0, 0.05) is 5.38 Å². The Labute approximate surface area is 75.0 Å². The molecule has 0 aromatic carbocycles. The summed E-state index contributed by atoms with van der Waals surface area (Å²) in [6.45, 7) is 2.07. The van der Waals surface area contributed by atoms with Crippen LogP contribution in [0.15, 0.2) is 5.38 Å². The number of aryl methyl sites for hydroxylation is 1. The Morgan fingerprint density at radius 3 is 3.17 bits per heavy atom. The quantitative estimate of drug-likeness (QED) is 0.571. The van der Waals surface area contributed by atoms with Gasteiger partial charge in [-0.1, -0.05) is 6.92 Å². The molecule has 0 aliphatic heterocycles. The van der Waals surface area contributed by atoms with Crippen molar-refractivity contribution in [1.29, 1.82) is 5.41 Å². The van der Waals surface area contributed by atoms with E-state index in [4.69, 9.17) is 5.41 Å². The van der Waals surface area contributed by atoms with Crippen molar-refractivity contribution in [2.45, 2.75) is 19.8 Å². The largest absolute Gasteiger partial charge is 0.305 e. The van der Waals surface area contributed by atoms with Crippen molar-refractivity contribution in [2.75, 3.05) is 0 Å². The highest BCUT2D eigenvalue weighted by atomic mass is 32.1. The van der Waals surface area contributed by atoms with Gasteiger partial charge in [-0.05, 0) is 12.8 Å². The molecule has 1 heterocycles. The van der Waals surface area contributed by atoms with Crippen LogP contribution in [0.5, 0.6) is 0 Å². The molecule has 0 atom stereocenters. The maximum absolute atomic E-state index is 10.9. The van der Waals surface area contributed by atoms with Gasteiger partial charge in [-0.3, -0.25) is 4.79 Å². The third-order valence-corrected chi connectivity index (χ3v) is 2.31. The van der Waals surface area contributed by atoms with Gasteiger partial charge in [0.25, 0.3) is 0 Å². The summed E-state index contributed by atoms with van der Waals surface area (Å²) in [7, 11) is 0. The number of nitrogens with zero attached hydrogens (tertiary/aromatic N) is 1. The summed E-state index contributed by atoms with van der Waals surface area (Å²) in [5.74, 6) is -0.311. The van der Waals surface area contributed by atoms with Crippen LogP contribution >= 0.6 is 11.3 Å². The Morgan fingerprint density at radius 2 is 2.58 bits per heavy atom. The topological polar surface area (TPSA) is 53.8 Å². The number of rotatable bonds is 4. The second-order valence-corrected chi connectivity index (χ2v) is 3.33. The van der Waals surface area contributed by atoms with Gasteiger partial charge in [0.05, 0.1) is 11.2 Å².